The standard InChI is InChI=1S/C17H15N3O3S/c1-11(21)14-6-7-15(24-14)16(22)18-8-9-20-17(23)13-5-3-2-4-12(13)10-19-20/h2-7,10H,8-9H2,1H3,(H,18,22). The molecule has 0 aliphatic carbocycles. The molecule has 0 aliphatic rings. The van der Waals surface area contributed by atoms with Crippen molar-refractivity contribution in [3.63, 3.8) is 0 Å². The third-order valence-corrected chi connectivity index (χ3v) is 4.73. The van der Waals surface area contributed by atoms with Gasteiger partial charge in [0.25, 0.3) is 11.5 Å². The summed E-state index contributed by atoms with van der Waals surface area (Å²) in [6.45, 7) is 2.02. The molecule has 0 fully saturated rings. The van der Waals surface area contributed by atoms with Gasteiger partial charge in [-0.05, 0) is 25.1 Å². The van der Waals surface area contributed by atoms with Crippen LogP contribution in [0.25, 0.3) is 10.8 Å². The van der Waals surface area contributed by atoms with Crippen LogP contribution < -0.4 is 10.9 Å². The Morgan fingerprint density at radius 2 is 1.92 bits per heavy atom. The maximum atomic E-state index is 12.3. The Kier molecular flexibility index (Phi) is 4.52. The zero-order chi connectivity index (χ0) is 17.1. The van der Waals surface area contributed by atoms with Crippen LogP contribution in [0.1, 0.15) is 26.3 Å². The molecule has 1 aromatic carbocycles. The number of carbonyl (C=O) groups is 2. The van der Waals surface area contributed by atoms with Crippen LogP contribution >= 0.6 is 11.3 Å². The predicted molar refractivity (Wildman–Crippen MR) is 92.7 cm³/mol. The van der Waals surface area contributed by atoms with E-state index in [0.717, 1.165) is 16.7 Å². The number of hydrogen-bond donors (Lipinski definition) is 1. The fourth-order valence-electron chi connectivity index (χ4n) is 2.30. The average Bonchev–Trinajstić information content (AvgIpc) is 3.07. The Morgan fingerprint density at radius 1 is 1.17 bits per heavy atom. The molecule has 0 saturated heterocycles. The summed E-state index contributed by atoms with van der Waals surface area (Å²) in [5.74, 6) is -0.327. The van der Waals surface area contributed by atoms with Crippen LogP contribution in [0.15, 0.2) is 47.4 Å². The summed E-state index contributed by atoms with van der Waals surface area (Å²) in [5.41, 5.74) is -0.183. The first kappa shape index (κ1) is 16.1. The molecule has 122 valence electrons. The first-order valence-corrected chi connectivity index (χ1v) is 8.22. The lowest BCUT2D eigenvalue weighted by atomic mass is 10.2. The highest BCUT2D eigenvalue weighted by molar-refractivity contribution is 7.15. The molecule has 0 atom stereocenters. The number of thiophene rings is 1. The van der Waals surface area contributed by atoms with Crippen molar-refractivity contribution in [2.24, 2.45) is 0 Å². The van der Waals surface area contributed by atoms with Gasteiger partial charge in [-0.15, -0.1) is 11.3 Å². The number of aromatic nitrogens is 2. The Balaban J connectivity index is 1.66. The summed E-state index contributed by atoms with van der Waals surface area (Å²) in [5, 5.41) is 8.24. The molecular weight excluding hydrogens is 326 g/mol. The van der Waals surface area contributed by atoms with Crippen LogP contribution in [0, 0.1) is 0 Å². The van der Waals surface area contributed by atoms with Crippen LogP contribution in [0.2, 0.25) is 0 Å². The number of benzene rings is 1. The minimum absolute atomic E-state index is 0.0639. The first-order valence-electron chi connectivity index (χ1n) is 7.40. The number of carbonyl (C=O) groups excluding carboxylic acids is 2. The van der Waals surface area contributed by atoms with Gasteiger partial charge in [0.15, 0.2) is 5.78 Å². The molecule has 0 bridgehead atoms. The summed E-state index contributed by atoms with van der Waals surface area (Å²) in [4.78, 5) is 36.6. The van der Waals surface area contributed by atoms with E-state index in [0.29, 0.717) is 15.1 Å². The first-order chi connectivity index (χ1) is 11.6. The Labute approximate surface area is 141 Å². The topological polar surface area (TPSA) is 81.1 Å². The van der Waals surface area contributed by atoms with Gasteiger partial charge < -0.3 is 5.32 Å². The molecule has 24 heavy (non-hydrogen) atoms. The van der Waals surface area contributed by atoms with Crippen molar-refractivity contribution in [3.05, 3.63) is 62.7 Å². The van der Waals surface area contributed by atoms with E-state index in [-0.39, 0.29) is 30.3 Å². The fourth-order valence-corrected chi connectivity index (χ4v) is 3.12. The fraction of sp³-hybridized carbons (Fsp3) is 0.176. The van der Waals surface area contributed by atoms with Gasteiger partial charge in [0, 0.05) is 11.9 Å². The number of hydrogen-bond acceptors (Lipinski definition) is 5. The van der Waals surface area contributed by atoms with Crippen LogP contribution in [-0.4, -0.2) is 28.0 Å². The van der Waals surface area contributed by atoms with Gasteiger partial charge in [0.1, 0.15) is 0 Å². The van der Waals surface area contributed by atoms with E-state index in [9.17, 15) is 14.4 Å². The van der Waals surface area contributed by atoms with Gasteiger partial charge in [0.2, 0.25) is 0 Å². The second-order valence-corrected chi connectivity index (χ2v) is 6.32. The van der Waals surface area contributed by atoms with Gasteiger partial charge in [0.05, 0.1) is 27.9 Å². The molecule has 0 unspecified atom stereocenters. The smallest absolute Gasteiger partial charge is 0.274 e. The van der Waals surface area contributed by atoms with E-state index < -0.39 is 0 Å². The molecule has 2 heterocycles. The van der Waals surface area contributed by atoms with E-state index in [4.69, 9.17) is 0 Å². The highest BCUT2D eigenvalue weighted by Gasteiger charge is 2.11. The normalized spacial score (nSPS) is 10.7. The van der Waals surface area contributed by atoms with Gasteiger partial charge in [-0.25, -0.2) is 4.68 Å². The van der Waals surface area contributed by atoms with Gasteiger partial charge in [-0.2, -0.15) is 5.10 Å². The molecule has 0 radical (unpaired) electrons. The monoisotopic (exact) mass is 341 g/mol. The number of nitrogens with zero attached hydrogens (tertiary/aromatic N) is 2. The highest BCUT2D eigenvalue weighted by Crippen LogP contribution is 2.16. The number of fused-ring (bicyclic) bond motifs is 1. The number of amides is 1. The molecule has 0 saturated carbocycles. The molecule has 0 aliphatic heterocycles. The summed E-state index contributed by atoms with van der Waals surface area (Å²) < 4.78 is 1.33. The van der Waals surface area contributed by atoms with E-state index in [1.807, 2.05) is 12.1 Å². The lowest BCUT2D eigenvalue weighted by molar-refractivity contribution is 0.0955. The molecule has 1 amide bonds. The lowest BCUT2D eigenvalue weighted by Crippen LogP contribution is -2.31. The molecule has 3 rings (SSSR count). The van der Waals surface area contributed by atoms with Crippen molar-refractivity contribution in [1.29, 1.82) is 0 Å². The summed E-state index contributed by atoms with van der Waals surface area (Å²) in [6.07, 6.45) is 1.64. The number of nitrogens with one attached hydrogen (secondary N) is 1. The number of ketones is 1. The molecule has 3 aromatic rings. The third kappa shape index (κ3) is 3.26. The number of rotatable bonds is 5. The molecule has 0 spiro atoms. The van der Waals surface area contributed by atoms with Crippen molar-refractivity contribution in [3.8, 4) is 0 Å². The maximum Gasteiger partial charge on any atom is 0.274 e. The Bertz CT molecular complexity index is 974. The SMILES string of the molecule is CC(=O)c1ccc(C(=O)NCCn2ncc3ccccc3c2=O)s1. The van der Waals surface area contributed by atoms with Crippen molar-refractivity contribution >= 4 is 33.8 Å². The highest BCUT2D eigenvalue weighted by atomic mass is 32.1. The summed E-state index contributed by atoms with van der Waals surface area (Å²) in [7, 11) is 0. The number of Topliss-reactive ketones (excluding diaryl/α,β-unsaturated/α-hetero) is 1. The maximum absolute atomic E-state index is 12.3. The second kappa shape index (κ2) is 6.76. The minimum Gasteiger partial charge on any atom is -0.349 e. The van der Waals surface area contributed by atoms with Crippen molar-refractivity contribution in [2.75, 3.05) is 6.54 Å². The van der Waals surface area contributed by atoms with Crippen LogP contribution in [0.3, 0.4) is 0 Å². The summed E-state index contributed by atoms with van der Waals surface area (Å²) in [6, 6.07) is 10.5. The Morgan fingerprint density at radius 3 is 2.67 bits per heavy atom. The second-order valence-electron chi connectivity index (χ2n) is 5.24. The minimum atomic E-state index is -0.263. The van der Waals surface area contributed by atoms with E-state index in [1.54, 1.807) is 30.5 Å². The largest absolute Gasteiger partial charge is 0.349 e. The van der Waals surface area contributed by atoms with Crippen LogP contribution in [0.5, 0.6) is 0 Å². The van der Waals surface area contributed by atoms with E-state index >= 15 is 0 Å². The molecule has 2 aromatic heterocycles. The molecule has 1 N–H and O–H groups in total. The zero-order valence-corrected chi connectivity index (χ0v) is 13.8. The van der Waals surface area contributed by atoms with Gasteiger partial charge in [-0.3, -0.25) is 14.4 Å². The Hall–Kier alpha value is -2.80. The average molecular weight is 341 g/mol. The van der Waals surface area contributed by atoms with Crippen LogP contribution in [0.4, 0.5) is 0 Å². The van der Waals surface area contributed by atoms with Crippen molar-refractivity contribution in [1.82, 2.24) is 15.1 Å². The van der Waals surface area contributed by atoms with Gasteiger partial charge in [-0.1, -0.05) is 18.2 Å². The van der Waals surface area contributed by atoms with Gasteiger partial charge >= 0.3 is 0 Å². The molecule has 7 heteroatoms. The molecular formula is C17H15N3O3S. The van der Waals surface area contributed by atoms with E-state index in [2.05, 4.69) is 10.4 Å². The zero-order valence-electron chi connectivity index (χ0n) is 13.0. The molecule has 6 nitrogen and oxygen atoms in total. The lowest BCUT2D eigenvalue weighted by Gasteiger charge is -2.07. The van der Waals surface area contributed by atoms with Crippen molar-refractivity contribution in [2.45, 2.75) is 13.5 Å². The summed E-state index contributed by atoms with van der Waals surface area (Å²) >= 11 is 1.15. The third-order valence-electron chi connectivity index (χ3n) is 3.55. The van der Waals surface area contributed by atoms with Crippen LogP contribution in [-0.2, 0) is 6.54 Å². The predicted octanol–water partition coefficient (Wildman–Crippen LogP) is 2.09. The van der Waals surface area contributed by atoms with E-state index in [1.165, 1.54) is 11.6 Å². The van der Waals surface area contributed by atoms with Crippen molar-refractivity contribution < 1.29 is 9.59 Å². The quantitative estimate of drug-likeness (QED) is 0.721.